The third-order valence-corrected chi connectivity index (χ3v) is 3.67. The van der Waals surface area contributed by atoms with Crippen molar-refractivity contribution in [1.82, 2.24) is 0 Å². The van der Waals surface area contributed by atoms with E-state index in [0.717, 1.165) is 5.69 Å². The maximum Gasteiger partial charge on any atom is 0.126 e. The van der Waals surface area contributed by atoms with E-state index in [-0.39, 0.29) is 5.82 Å². The highest BCUT2D eigenvalue weighted by molar-refractivity contribution is 6.04. The normalized spacial score (nSPS) is 12.4. The Labute approximate surface area is 116 Å². The second kappa shape index (κ2) is 3.97. The molecule has 0 aromatic heterocycles. The molecular weight excluding hydrogens is 251 g/mol. The first-order valence-corrected chi connectivity index (χ1v) is 6.58. The van der Waals surface area contributed by atoms with E-state index >= 15 is 0 Å². The van der Waals surface area contributed by atoms with Crippen LogP contribution >= 0.6 is 0 Å². The van der Waals surface area contributed by atoms with Gasteiger partial charge in [0, 0.05) is 0 Å². The van der Waals surface area contributed by atoms with Crippen molar-refractivity contribution in [3.8, 4) is 0 Å². The van der Waals surface area contributed by atoms with E-state index in [1.54, 1.807) is 13.0 Å². The van der Waals surface area contributed by atoms with E-state index in [0.29, 0.717) is 5.56 Å². The van der Waals surface area contributed by atoms with Crippen LogP contribution in [0.5, 0.6) is 0 Å². The molecular formula is C17H13FN2. The lowest BCUT2D eigenvalue weighted by molar-refractivity contribution is 0.619. The Morgan fingerprint density at radius 1 is 0.900 bits per heavy atom. The van der Waals surface area contributed by atoms with Crippen molar-refractivity contribution in [2.45, 2.75) is 6.92 Å². The lowest BCUT2D eigenvalue weighted by Crippen LogP contribution is -2.09. The van der Waals surface area contributed by atoms with Gasteiger partial charge in [-0.1, -0.05) is 24.3 Å². The third kappa shape index (κ3) is 1.71. The van der Waals surface area contributed by atoms with Crippen molar-refractivity contribution in [1.29, 1.82) is 0 Å². The third-order valence-electron chi connectivity index (χ3n) is 3.67. The Morgan fingerprint density at radius 2 is 1.55 bits per heavy atom. The minimum absolute atomic E-state index is 0.176. The standard InChI is InChI=1S/C17H13FN2/c1-11-8-14(6-7-15(11)18)19-20-16-9-12-4-2-3-5-13(12)10-17(16)20/h2-10,19H,1H3. The minimum atomic E-state index is -0.176. The molecule has 1 aliphatic rings. The summed E-state index contributed by atoms with van der Waals surface area (Å²) < 4.78 is 13.3. The fourth-order valence-corrected chi connectivity index (χ4v) is 2.50. The molecule has 4 rings (SSSR count). The van der Waals surface area contributed by atoms with E-state index in [9.17, 15) is 4.39 Å². The SMILES string of the molecule is Cc1cc(NN2c3cc4ccccc4cc32)ccc1F. The van der Waals surface area contributed by atoms with Gasteiger partial charge in [-0.15, -0.1) is 0 Å². The first-order valence-electron chi connectivity index (χ1n) is 6.58. The lowest BCUT2D eigenvalue weighted by Gasteiger charge is -2.08. The van der Waals surface area contributed by atoms with Crippen LogP contribution in [0.1, 0.15) is 5.56 Å². The van der Waals surface area contributed by atoms with Crippen LogP contribution in [0.15, 0.2) is 54.6 Å². The zero-order valence-electron chi connectivity index (χ0n) is 11.0. The number of anilines is 3. The largest absolute Gasteiger partial charge is 0.294 e. The summed E-state index contributed by atoms with van der Waals surface area (Å²) in [6, 6.07) is 17.7. The summed E-state index contributed by atoms with van der Waals surface area (Å²) in [4.78, 5) is 0. The zero-order valence-corrected chi connectivity index (χ0v) is 11.0. The fraction of sp³-hybridized carbons (Fsp3) is 0.0588. The van der Waals surface area contributed by atoms with E-state index in [1.165, 1.54) is 28.2 Å². The first kappa shape index (κ1) is 11.3. The molecule has 2 nitrogen and oxygen atoms in total. The van der Waals surface area contributed by atoms with Crippen molar-refractivity contribution in [2.24, 2.45) is 0 Å². The molecule has 0 saturated heterocycles. The second-order valence-corrected chi connectivity index (χ2v) is 5.10. The number of benzene rings is 3. The summed E-state index contributed by atoms with van der Waals surface area (Å²) in [5.41, 5.74) is 7.17. The van der Waals surface area contributed by atoms with Crippen LogP contribution in [0.4, 0.5) is 21.5 Å². The van der Waals surface area contributed by atoms with Crippen LogP contribution in [-0.2, 0) is 0 Å². The molecule has 0 fully saturated rings. The molecule has 3 aromatic rings. The number of hydrogen-bond donors (Lipinski definition) is 1. The Kier molecular flexibility index (Phi) is 2.24. The molecule has 1 N–H and O–H groups in total. The topological polar surface area (TPSA) is 15.0 Å². The molecule has 1 aliphatic heterocycles. The van der Waals surface area contributed by atoms with Gasteiger partial charge in [-0.2, -0.15) is 0 Å². The second-order valence-electron chi connectivity index (χ2n) is 5.10. The number of aryl methyl sites for hydroxylation is 1. The highest BCUT2D eigenvalue weighted by Gasteiger charge is 2.29. The Morgan fingerprint density at radius 3 is 2.15 bits per heavy atom. The van der Waals surface area contributed by atoms with Crippen molar-refractivity contribution < 1.29 is 4.39 Å². The highest BCUT2D eigenvalue weighted by atomic mass is 19.1. The minimum Gasteiger partial charge on any atom is -0.294 e. The summed E-state index contributed by atoms with van der Waals surface area (Å²) in [7, 11) is 0. The number of halogens is 1. The van der Waals surface area contributed by atoms with Gasteiger partial charge < -0.3 is 0 Å². The predicted octanol–water partition coefficient (Wildman–Crippen LogP) is 4.77. The Hall–Kier alpha value is -2.55. The molecule has 0 aliphatic carbocycles. The fourth-order valence-electron chi connectivity index (χ4n) is 2.50. The summed E-state index contributed by atoms with van der Waals surface area (Å²) >= 11 is 0. The monoisotopic (exact) mass is 264 g/mol. The highest BCUT2D eigenvalue weighted by Crippen LogP contribution is 2.49. The van der Waals surface area contributed by atoms with Gasteiger partial charge in [0.1, 0.15) is 5.82 Å². The molecule has 0 spiro atoms. The average Bonchev–Trinajstić information content (AvgIpc) is 3.12. The van der Waals surface area contributed by atoms with Crippen molar-refractivity contribution >= 4 is 27.8 Å². The quantitative estimate of drug-likeness (QED) is 0.671. The number of hydrogen-bond acceptors (Lipinski definition) is 2. The first-order chi connectivity index (χ1) is 9.72. The van der Waals surface area contributed by atoms with Crippen molar-refractivity contribution in [2.75, 3.05) is 10.4 Å². The van der Waals surface area contributed by atoms with Gasteiger partial charge in [0.2, 0.25) is 0 Å². The van der Waals surface area contributed by atoms with Gasteiger partial charge in [0.25, 0.3) is 0 Å². The average molecular weight is 264 g/mol. The molecule has 0 radical (unpaired) electrons. The number of nitrogens with one attached hydrogen (secondary N) is 1. The van der Waals surface area contributed by atoms with Gasteiger partial charge in [-0.05, 0) is 53.6 Å². The number of hydrazine groups is 1. The van der Waals surface area contributed by atoms with E-state index in [2.05, 4.69) is 29.7 Å². The van der Waals surface area contributed by atoms with Gasteiger partial charge in [-0.3, -0.25) is 10.4 Å². The van der Waals surface area contributed by atoms with Crippen LogP contribution in [0.2, 0.25) is 0 Å². The smallest absolute Gasteiger partial charge is 0.126 e. The van der Waals surface area contributed by atoms with Crippen LogP contribution in [0.25, 0.3) is 10.8 Å². The van der Waals surface area contributed by atoms with Crippen molar-refractivity contribution in [3.63, 3.8) is 0 Å². The molecule has 98 valence electrons. The van der Waals surface area contributed by atoms with Crippen LogP contribution < -0.4 is 10.4 Å². The molecule has 0 bridgehead atoms. The lowest BCUT2D eigenvalue weighted by atomic mass is 10.1. The zero-order chi connectivity index (χ0) is 13.7. The van der Waals surface area contributed by atoms with Crippen molar-refractivity contribution in [3.05, 3.63) is 66.0 Å². The molecule has 0 unspecified atom stereocenters. The number of rotatable bonds is 2. The van der Waals surface area contributed by atoms with Gasteiger partial charge in [0.05, 0.1) is 17.1 Å². The Bertz CT molecular complexity index is 784. The molecule has 20 heavy (non-hydrogen) atoms. The van der Waals surface area contributed by atoms with Gasteiger partial charge in [0.15, 0.2) is 0 Å². The molecule has 0 saturated carbocycles. The Balaban J connectivity index is 1.64. The maximum atomic E-state index is 13.3. The molecule has 1 heterocycles. The number of nitrogens with zero attached hydrogens (tertiary/aromatic N) is 1. The summed E-state index contributed by atoms with van der Waals surface area (Å²) in [5, 5.41) is 4.48. The molecule has 3 heteroatoms. The molecule has 3 aromatic carbocycles. The summed E-state index contributed by atoms with van der Waals surface area (Å²) in [5.74, 6) is -0.176. The van der Waals surface area contributed by atoms with E-state index in [4.69, 9.17) is 0 Å². The van der Waals surface area contributed by atoms with Gasteiger partial charge in [-0.25, -0.2) is 4.39 Å². The van der Waals surface area contributed by atoms with Crippen LogP contribution in [-0.4, -0.2) is 0 Å². The maximum absolute atomic E-state index is 13.3. The van der Waals surface area contributed by atoms with Crippen LogP contribution in [0, 0.1) is 12.7 Å². The predicted molar refractivity (Wildman–Crippen MR) is 80.8 cm³/mol. The van der Waals surface area contributed by atoms with E-state index < -0.39 is 0 Å². The summed E-state index contributed by atoms with van der Waals surface area (Å²) in [6.07, 6.45) is 0. The van der Waals surface area contributed by atoms with E-state index in [1.807, 2.05) is 23.2 Å². The van der Waals surface area contributed by atoms with Gasteiger partial charge >= 0.3 is 0 Å². The number of fused-ring (bicyclic) bond motifs is 2. The molecule has 0 amide bonds. The molecule has 0 atom stereocenters. The van der Waals surface area contributed by atoms with Crippen LogP contribution in [0.3, 0.4) is 0 Å². The summed E-state index contributed by atoms with van der Waals surface area (Å²) in [6.45, 7) is 1.77.